The molecule has 2 atom stereocenters. The highest BCUT2D eigenvalue weighted by Crippen LogP contribution is 2.51. The average Bonchev–Trinajstić information content (AvgIpc) is 2.73. The molecule has 0 saturated heterocycles. The zero-order chi connectivity index (χ0) is 14.0. The van der Waals surface area contributed by atoms with E-state index in [1.807, 2.05) is 24.3 Å². The van der Waals surface area contributed by atoms with E-state index in [1.165, 1.54) is 38.5 Å². The number of halogens is 1. The first-order valence-corrected chi connectivity index (χ1v) is 8.21. The van der Waals surface area contributed by atoms with E-state index < -0.39 is 0 Å². The van der Waals surface area contributed by atoms with Crippen LogP contribution in [0.4, 0.5) is 0 Å². The first-order chi connectivity index (χ1) is 9.72. The zero-order valence-corrected chi connectivity index (χ0v) is 12.7. The number of benzene rings is 1. The summed E-state index contributed by atoms with van der Waals surface area (Å²) in [6.45, 7) is 0.610. The van der Waals surface area contributed by atoms with Gasteiger partial charge in [0.25, 0.3) is 0 Å². The summed E-state index contributed by atoms with van der Waals surface area (Å²) in [5, 5.41) is 0.797. The van der Waals surface area contributed by atoms with E-state index in [4.69, 9.17) is 22.1 Å². The molecule has 0 amide bonds. The van der Waals surface area contributed by atoms with Crippen molar-refractivity contribution in [3.05, 3.63) is 34.9 Å². The molecule has 1 spiro atoms. The predicted octanol–water partition coefficient (Wildman–Crippen LogP) is 4.30. The molecule has 0 radical (unpaired) electrons. The maximum absolute atomic E-state index is 6.34. The van der Waals surface area contributed by atoms with Gasteiger partial charge in [0.2, 0.25) is 0 Å². The van der Waals surface area contributed by atoms with Crippen LogP contribution >= 0.6 is 11.6 Å². The van der Waals surface area contributed by atoms with Crippen LogP contribution in [0.1, 0.15) is 50.5 Å². The first-order valence-electron chi connectivity index (χ1n) is 7.83. The molecule has 3 rings (SSSR count). The monoisotopic (exact) mass is 293 g/mol. The number of rotatable bonds is 3. The lowest BCUT2D eigenvalue weighted by Crippen LogP contribution is -2.62. The van der Waals surface area contributed by atoms with Gasteiger partial charge >= 0.3 is 0 Å². The van der Waals surface area contributed by atoms with Crippen molar-refractivity contribution in [3.63, 3.8) is 0 Å². The third-order valence-corrected chi connectivity index (χ3v) is 5.65. The Bertz CT molecular complexity index is 454. The molecule has 2 unspecified atom stereocenters. The standard InChI is InChI=1S/C17H24ClNO/c18-14-8-4-3-7-13(14)12-20-16-11-15(19)17(16)9-5-1-2-6-10-17/h3-4,7-8,15-16H,1-2,5-6,9-12,19H2. The third-order valence-electron chi connectivity index (χ3n) is 5.28. The summed E-state index contributed by atoms with van der Waals surface area (Å²) >= 11 is 6.20. The highest BCUT2D eigenvalue weighted by atomic mass is 35.5. The molecular formula is C17H24ClNO. The van der Waals surface area contributed by atoms with Crippen LogP contribution in [0.3, 0.4) is 0 Å². The van der Waals surface area contributed by atoms with Gasteiger partial charge in [-0.2, -0.15) is 0 Å². The minimum Gasteiger partial charge on any atom is -0.373 e. The molecule has 110 valence electrons. The van der Waals surface area contributed by atoms with Crippen molar-refractivity contribution in [2.24, 2.45) is 11.1 Å². The molecule has 2 aliphatic carbocycles. The maximum Gasteiger partial charge on any atom is 0.0735 e. The molecule has 2 N–H and O–H groups in total. The molecule has 0 bridgehead atoms. The number of ether oxygens (including phenoxy) is 1. The van der Waals surface area contributed by atoms with Crippen LogP contribution in [0.15, 0.2) is 24.3 Å². The molecular weight excluding hydrogens is 270 g/mol. The summed E-state index contributed by atoms with van der Waals surface area (Å²) in [6.07, 6.45) is 9.12. The van der Waals surface area contributed by atoms with E-state index in [9.17, 15) is 0 Å². The van der Waals surface area contributed by atoms with Crippen molar-refractivity contribution >= 4 is 11.6 Å². The maximum atomic E-state index is 6.34. The third kappa shape index (κ3) is 2.61. The highest BCUT2D eigenvalue weighted by Gasteiger charge is 2.53. The molecule has 1 aromatic carbocycles. The molecule has 0 heterocycles. The second-order valence-electron chi connectivity index (χ2n) is 6.38. The van der Waals surface area contributed by atoms with E-state index >= 15 is 0 Å². The number of nitrogens with two attached hydrogens (primary N) is 1. The van der Waals surface area contributed by atoms with Crippen molar-refractivity contribution < 1.29 is 4.74 Å². The summed E-state index contributed by atoms with van der Waals surface area (Å²) in [5.41, 5.74) is 7.67. The fraction of sp³-hybridized carbons (Fsp3) is 0.647. The lowest BCUT2D eigenvalue weighted by molar-refractivity contribution is -0.141. The minimum atomic E-state index is 0.248. The van der Waals surface area contributed by atoms with E-state index in [-0.39, 0.29) is 5.41 Å². The Hall–Kier alpha value is -0.570. The second kappa shape index (κ2) is 6.05. The van der Waals surface area contributed by atoms with Crippen LogP contribution in [-0.4, -0.2) is 12.1 Å². The Labute approximate surface area is 126 Å². The molecule has 2 aliphatic rings. The first kappa shape index (κ1) is 14.4. The molecule has 2 nitrogen and oxygen atoms in total. The van der Waals surface area contributed by atoms with Crippen molar-refractivity contribution in [1.29, 1.82) is 0 Å². The molecule has 0 aliphatic heterocycles. The van der Waals surface area contributed by atoms with Gasteiger partial charge in [-0.3, -0.25) is 0 Å². The van der Waals surface area contributed by atoms with Gasteiger partial charge in [0.15, 0.2) is 0 Å². The Balaban J connectivity index is 1.64. The molecule has 0 aromatic heterocycles. The summed E-state index contributed by atoms with van der Waals surface area (Å²) in [5.74, 6) is 0. The van der Waals surface area contributed by atoms with Gasteiger partial charge in [-0.1, -0.05) is 55.5 Å². The Morgan fingerprint density at radius 2 is 1.85 bits per heavy atom. The molecule has 20 heavy (non-hydrogen) atoms. The molecule has 2 fully saturated rings. The largest absolute Gasteiger partial charge is 0.373 e. The Kier molecular flexibility index (Phi) is 4.34. The van der Waals surface area contributed by atoms with Crippen LogP contribution in [0, 0.1) is 5.41 Å². The Morgan fingerprint density at radius 3 is 2.50 bits per heavy atom. The highest BCUT2D eigenvalue weighted by molar-refractivity contribution is 6.31. The Morgan fingerprint density at radius 1 is 1.15 bits per heavy atom. The fourth-order valence-corrected chi connectivity index (χ4v) is 4.09. The van der Waals surface area contributed by atoms with E-state index in [0.717, 1.165) is 17.0 Å². The molecule has 1 aromatic rings. The van der Waals surface area contributed by atoms with E-state index in [1.54, 1.807) is 0 Å². The van der Waals surface area contributed by atoms with Gasteiger partial charge in [-0.25, -0.2) is 0 Å². The second-order valence-corrected chi connectivity index (χ2v) is 6.79. The van der Waals surface area contributed by atoms with Crippen molar-refractivity contribution in [1.82, 2.24) is 0 Å². The van der Waals surface area contributed by atoms with Gasteiger partial charge in [-0.05, 0) is 30.9 Å². The van der Waals surface area contributed by atoms with Crippen LogP contribution in [-0.2, 0) is 11.3 Å². The summed E-state index contributed by atoms with van der Waals surface area (Å²) in [6, 6.07) is 8.27. The van der Waals surface area contributed by atoms with Gasteiger partial charge in [-0.15, -0.1) is 0 Å². The summed E-state index contributed by atoms with van der Waals surface area (Å²) in [4.78, 5) is 0. The van der Waals surface area contributed by atoms with Gasteiger partial charge in [0.05, 0.1) is 12.7 Å². The van der Waals surface area contributed by atoms with E-state index in [0.29, 0.717) is 18.8 Å². The number of hydrogen-bond donors (Lipinski definition) is 1. The average molecular weight is 294 g/mol. The minimum absolute atomic E-state index is 0.248. The van der Waals surface area contributed by atoms with Gasteiger partial charge in [0.1, 0.15) is 0 Å². The summed E-state index contributed by atoms with van der Waals surface area (Å²) in [7, 11) is 0. The smallest absolute Gasteiger partial charge is 0.0735 e. The van der Waals surface area contributed by atoms with E-state index in [2.05, 4.69) is 0 Å². The normalized spacial score (nSPS) is 28.9. The lowest BCUT2D eigenvalue weighted by Gasteiger charge is -2.54. The summed E-state index contributed by atoms with van der Waals surface area (Å²) < 4.78 is 6.20. The molecule has 2 saturated carbocycles. The van der Waals surface area contributed by atoms with Crippen molar-refractivity contribution in [3.8, 4) is 0 Å². The quantitative estimate of drug-likeness (QED) is 0.902. The topological polar surface area (TPSA) is 35.2 Å². The van der Waals surface area contributed by atoms with Crippen LogP contribution in [0.5, 0.6) is 0 Å². The van der Waals surface area contributed by atoms with Crippen LogP contribution < -0.4 is 5.73 Å². The SMILES string of the molecule is NC1CC(OCc2ccccc2Cl)C12CCCCCC2. The zero-order valence-electron chi connectivity index (χ0n) is 12.0. The van der Waals surface area contributed by atoms with Crippen LogP contribution in [0.25, 0.3) is 0 Å². The number of hydrogen-bond acceptors (Lipinski definition) is 2. The van der Waals surface area contributed by atoms with Crippen LogP contribution in [0.2, 0.25) is 5.02 Å². The lowest BCUT2D eigenvalue weighted by atomic mass is 9.58. The van der Waals surface area contributed by atoms with Crippen molar-refractivity contribution in [2.45, 2.75) is 63.7 Å². The predicted molar refractivity (Wildman–Crippen MR) is 82.8 cm³/mol. The fourth-order valence-electron chi connectivity index (χ4n) is 3.90. The van der Waals surface area contributed by atoms with Gasteiger partial charge in [0, 0.05) is 16.5 Å². The van der Waals surface area contributed by atoms with Gasteiger partial charge < -0.3 is 10.5 Å². The molecule has 3 heteroatoms. The van der Waals surface area contributed by atoms with Crippen molar-refractivity contribution in [2.75, 3.05) is 0 Å².